The normalized spacial score (nSPS) is 14.4. The smallest absolute Gasteiger partial charge is 0.121 e. The number of hydrogen-bond donors (Lipinski definition) is 2. The van der Waals surface area contributed by atoms with Crippen LogP contribution in [0.3, 0.4) is 0 Å². The van der Waals surface area contributed by atoms with Gasteiger partial charge in [-0.25, -0.2) is 0 Å². The van der Waals surface area contributed by atoms with E-state index in [1.807, 2.05) is 30.3 Å². The molecular weight excluding hydrogens is 228 g/mol. The maximum atomic E-state index is 9.76. The second kappa shape index (κ2) is 5.33. The van der Waals surface area contributed by atoms with Gasteiger partial charge in [0.1, 0.15) is 5.75 Å². The maximum absolute atomic E-state index is 9.76. The Morgan fingerprint density at radius 2 is 2.22 bits per heavy atom. The summed E-state index contributed by atoms with van der Waals surface area (Å²) in [7, 11) is 0. The van der Waals surface area contributed by atoms with Gasteiger partial charge in [-0.3, -0.25) is 4.98 Å². The number of nitrogens with two attached hydrogens (primary N) is 1. The standard InChI is InChI=1S/C14H18N2O2/c1-14(17,10-15)6-8-18-12-5-4-11-3-2-7-16-13(11)9-12/h2-5,7,9,17H,6,8,10,15H2,1H3. The highest BCUT2D eigenvalue weighted by Gasteiger charge is 2.17. The van der Waals surface area contributed by atoms with Gasteiger partial charge >= 0.3 is 0 Å². The lowest BCUT2D eigenvalue weighted by Crippen LogP contribution is -2.35. The predicted octanol–water partition coefficient (Wildman–Crippen LogP) is 1.71. The molecule has 96 valence electrons. The lowest BCUT2D eigenvalue weighted by atomic mass is 10.0. The van der Waals surface area contributed by atoms with Crippen LogP contribution in [-0.4, -0.2) is 28.8 Å². The zero-order valence-corrected chi connectivity index (χ0v) is 10.5. The zero-order chi connectivity index (χ0) is 13.0. The van der Waals surface area contributed by atoms with Crippen LogP contribution in [0.4, 0.5) is 0 Å². The first-order valence-electron chi connectivity index (χ1n) is 6.01. The Balaban J connectivity index is 2.00. The number of aromatic nitrogens is 1. The molecule has 0 fully saturated rings. The van der Waals surface area contributed by atoms with E-state index < -0.39 is 5.60 Å². The lowest BCUT2D eigenvalue weighted by molar-refractivity contribution is 0.0454. The van der Waals surface area contributed by atoms with Crippen molar-refractivity contribution in [3.63, 3.8) is 0 Å². The fourth-order valence-electron chi connectivity index (χ4n) is 1.63. The van der Waals surface area contributed by atoms with E-state index in [2.05, 4.69) is 4.98 Å². The minimum absolute atomic E-state index is 0.232. The van der Waals surface area contributed by atoms with Crippen LogP contribution >= 0.6 is 0 Å². The third-order valence-corrected chi connectivity index (χ3v) is 2.93. The summed E-state index contributed by atoms with van der Waals surface area (Å²) in [5.41, 5.74) is 5.48. The third-order valence-electron chi connectivity index (χ3n) is 2.93. The van der Waals surface area contributed by atoms with Crippen molar-refractivity contribution in [2.75, 3.05) is 13.2 Å². The second-order valence-corrected chi connectivity index (χ2v) is 4.66. The molecule has 0 bridgehead atoms. The molecule has 0 aliphatic carbocycles. The van der Waals surface area contributed by atoms with E-state index in [1.165, 1.54) is 0 Å². The summed E-state index contributed by atoms with van der Waals surface area (Å²) < 4.78 is 5.60. The summed E-state index contributed by atoms with van der Waals surface area (Å²) >= 11 is 0. The number of rotatable bonds is 5. The molecule has 1 atom stereocenters. The van der Waals surface area contributed by atoms with E-state index in [4.69, 9.17) is 10.5 Å². The van der Waals surface area contributed by atoms with Gasteiger partial charge in [0.2, 0.25) is 0 Å². The molecule has 0 saturated carbocycles. The second-order valence-electron chi connectivity index (χ2n) is 4.66. The van der Waals surface area contributed by atoms with E-state index in [0.717, 1.165) is 16.7 Å². The van der Waals surface area contributed by atoms with Crippen LogP contribution in [-0.2, 0) is 0 Å². The van der Waals surface area contributed by atoms with Crippen molar-refractivity contribution >= 4 is 10.9 Å². The third kappa shape index (κ3) is 3.18. The molecule has 2 rings (SSSR count). The van der Waals surface area contributed by atoms with E-state index in [0.29, 0.717) is 13.0 Å². The first kappa shape index (κ1) is 12.8. The van der Waals surface area contributed by atoms with Crippen molar-refractivity contribution < 1.29 is 9.84 Å². The summed E-state index contributed by atoms with van der Waals surface area (Å²) in [6.45, 7) is 2.37. The van der Waals surface area contributed by atoms with Crippen LogP contribution in [0, 0.1) is 0 Å². The number of fused-ring (bicyclic) bond motifs is 1. The van der Waals surface area contributed by atoms with Gasteiger partial charge in [-0.1, -0.05) is 6.07 Å². The summed E-state index contributed by atoms with van der Waals surface area (Å²) in [5, 5.41) is 10.8. The monoisotopic (exact) mass is 246 g/mol. The van der Waals surface area contributed by atoms with Crippen LogP contribution in [0.5, 0.6) is 5.75 Å². The molecular formula is C14H18N2O2. The molecule has 1 heterocycles. The number of pyridine rings is 1. The van der Waals surface area contributed by atoms with Gasteiger partial charge in [0.15, 0.2) is 0 Å². The molecule has 1 aromatic heterocycles. The first-order chi connectivity index (χ1) is 8.61. The Bertz CT molecular complexity index is 526. The molecule has 0 aliphatic heterocycles. The molecule has 1 unspecified atom stereocenters. The van der Waals surface area contributed by atoms with E-state index in [-0.39, 0.29) is 6.54 Å². The van der Waals surface area contributed by atoms with Gasteiger partial charge in [-0.05, 0) is 25.1 Å². The average molecular weight is 246 g/mol. The Morgan fingerprint density at radius 3 is 3.00 bits per heavy atom. The van der Waals surface area contributed by atoms with Crippen LogP contribution in [0.25, 0.3) is 10.9 Å². The zero-order valence-electron chi connectivity index (χ0n) is 10.5. The Hall–Kier alpha value is -1.65. The van der Waals surface area contributed by atoms with Crippen LogP contribution in [0.2, 0.25) is 0 Å². The Morgan fingerprint density at radius 1 is 1.39 bits per heavy atom. The van der Waals surface area contributed by atoms with Crippen molar-refractivity contribution in [3.8, 4) is 5.75 Å². The number of benzene rings is 1. The fourth-order valence-corrected chi connectivity index (χ4v) is 1.63. The van der Waals surface area contributed by atoms with Crippen LogP contribution in [0.1, 0.15) is 13.3 Å². The largest absolute Gasteiger partial charge is 0.493 e. The SMILES string of the molecule is CC(O)(CN)CCOc1ccc2cccnc2c1. The molecule has 0 spiro atoms. The van der Waals surface area contributed by atoms with Crippen molar-refractivity contribution in [3.05, 3.63) is 36.5 Å². The minimum Gasteiger partial charge on any atom is -0.493 e. The highest BCUT2D eigenvalue weighted by atomic mass is 16.5. The number of ether oxygens (including phenoxy) is 1. The quantitative estimate of drug-likeness (QED) is 0.842. The molecule has 0 amide bonds. The summed E-state index contributed by atoms with van der Waals surface area (Å²) in [6.07, 6.45) is 2.26. The van der Waals surface area contributed by atoms with Crippen molar-refractivity contribution in [1.82, 2.24) is 4.98 Å². The minimum atomic E-state index is -0.866. The predicted molar refractivity (Wildman–Crippen MR) is 71.5 cm³/mol. The van der Waals surface area contributed by atoms with Gasteiger partial charge in [0, 0.05) is 30.6 Å². The molecule has 0 radical (unpaired) electrons. The van der Waals surface area contributed by atoms with Crippen LogP contribution in [0.15, 0.2) is 36.5 Å². The van der Waals surface area contributed by atoms with E-state index in [9.17, 15) is 5.11 Å². The first-order valence-corrected chi connectivity index (χ1v) is 6.01. The molecule has 4 nitrogen and oxygen atoms in total. The number of hydrogen-bond acceptors (Lipinski definition) is 4. The van der Waals surface area contributed by atoms with E-state index >= 15 is 0 Å². The van der Waals surface area contributed by atoms with Gasteiger partial charge in [-0.2, -0.15) is 0 Å². The average Bonchev–Trinajstić information content (AvgIpc) is 2.38. The van der Waals surface area contributed by atoms with Crippen molar-refractivity contribution in [2.24, 2.45) is 5.73 Å². The van der Waals surface area contributed by atoms with E-state index in [1.54, 1.807) is 13.1 Å². The molecule has 0 saturated heterocycles. The Labute approximate surface area is 106 Å². The fraction of sp³-hybridized carbons (Fsp3) is 0.357. The number of aliphatic hydroxyl groups is 1. The molecule has 1 aromatic carbocycles. The van der Waals surface area contributed by atoms with Crippen molar-refractivity contribution in [1.29, 1.82) is 0 Å². The topological polar surface area (TPSA) is 68.4 Å². The summed E-state index contributed by atoms with van der Waals surface area (Å²) in [6, 6.07) is 9.68. The van der Waals surface area contributed by atoms with Crippen LogP contribution < -0.4 is 10.5 Å². The summed E-state index contributed by atoms with van der Waals surface area (Å²) in [4.78, 5) is 4.27. The highest BCUT2D eigenvalue weighted by Crippen LogP contribution is 2.19. The summed E-state index contributed by atoms with van der Waals surface area (Å²) in [5.74, 6) is 0.758. The highest BCUT2D eigenvalue weighted by molar-refractivity contribution is 5.79. The molecule has 18 heavy (non-hydrogen) atoms. The lowest BCUT2D eigenvalue weighted by Gasteiger charge is -2.20. The van der Waals surface area contributed by atoms with Crippen molar-refractivity contribution in [2.45, 2.75) is 18.9 Å². The molecule has 3 N–H and O–H groups in total. The molecule has 2 aromatic rings. The Kier molecular flexibility index (Phi) is 3.79. The number of nitrogens with zero attached hydrogens (tertiary/aromatic N) is 1. The maximum Gasteiger partial charge on any atom is 0.121 e. The van der Waals surface area contributed by atoms with Gasteiger partial charge < -0.3 is 15.6 Å². The van der Waals surface area contributed by atoms with Gasteiger partial charge in [-0.15, -0.1) is 0 Å². The van der Waals surface area contributed by atoms with Gasteiger partial charge in [0.25, 0.3) is 0 Å². The molecule has 4 heteroatoms. The van der Waals surface area contributed by atoms with Gasteiger partial charge in [0.05, 0.1) is 17.7 Å². The molecule has 0 aliphatic rings.